The fourth-order valence-corrected chi connectivity index (χ4v) is 4.78. The number of anilines is 1. The molecule has 2 aliphatic carbocycles. The monoisotopic (exact) mass is 308 g/mol. The van der Waals surface area contributed by atoms with E-state index in [4.69, 9.17) is 4.98 Å². The SMILES string of the molecule is CC(C)CCN(c1nc2c(s1)C(O)CCC2)C1CCCC1. The largest absolute Gasteiger partial charge is 0.388 e. The second-order valence-electron chi connectivity index (χ2n) is 7.03. The molecule has 3 rings (SSSR count). The molecular formula is C17H28N2OS. The van der Waals surface area contributed by atoms with Crippen LogP contribution < -0.4 is 4.90 Å². The summed E-state index contributed by atoms with van der Waals surface area (Å²) in [4.78, 5) is 8.61. The van der Waals surface area contributed by atoms with Crippen LogP contribution in [0.1, 0.15) is 75.5 Å². The summed E-state index contributed by atoms with van der Waals surface area (Å²) in [6.45, 7) is 5.71. The van der Waals surface area contributed by atoms with Crippen molar-refractivity contribution in [3.63, 3.8) is 0 Å². The Labute approximate surface area is 132 Å². The van der Waals surface area contributed by atoms with Crippen LogP contribution in [0, 0.1) is 5.92 Å². The van der Waals surface area contributed by atoms with Crippen molar-refractivity contribution in [3.05, 3.63) is 10.6 Å². The molecule has 1 aromatic heterocycles. The molecule has 1 atom stereocenters. The minimum Gasteiger partial charge on any atom is -0.388 e. The van der Waals surface area contributed by atoms with Gasteiger partial charge in [-0.05, 0) is 44.4 Å². The van der Waals surface area contributed by atoms with Gasteiger partial charge in [-0.1, -0.05) is 38.0 Å². The van der Waals surface area contributed by atoms with E-state index < -0.39 is 0 Å². The van der Waals surface area contributed by atoms with Gasteiger partial charge in [0.25, 0.3) is 0 Å². The van der Waals surface area contributed by atoms with E-state index in [9.17, 15) is 5.11 Å². The van der Waals surface area contributed by atoms with E-state index in [0.29, 0.717) is 6.04 Å². The van der Waals surface area contributed by atoms with Crippen molar-refractivity contribution in [1.82, 2.24) is 4.98 Å². The van der Waals surface area contributed by atoms with Crippen LogP contribution in [-0.2, 0) is 6.42 Å². The Morgan fingerprint density at radius 1 is 1.24 bits per heavy atom. The molecule has 3 nitrogen and oxygen atoms in total. The zero-order chi connectivity index (χ0) is 14.8. The average Bonchev–Trinajstić information content (AvgIpc) is 3.08. The Balaban J connectivity index is 1.81. The first-order chi connectivity index (χ1) is 10.1. The zero-order valence-electron chi connectivity index (χ0n) is 13.3. The molecule has 1 N–H and O–H groups in total. The third-order valence-electron chi connectivity index (χ3n) is 4.87. The van der Waals surface area contributed by atoms with E-state index in [1.54, 1.807) is 11.3 Å². The normalized spacial score (nSPS) is 22.8. The second-order valence-corrected chi connectivity index (χ2v) is 8.04. The van der Waals surface area contributed by atoms with Crippen LogP contribution in [0.2, 0.25) is 0 Å². The molecular weight excluding hydrogens is 280 g/mol. The number of rotatable bonds is 5. The summed E-state index contributed by atoms with van der Waals surface area (Å²) >= 11 is 1.75. The highest BCUT2D eigenvalue weighted by molar-refractivity contribution is 7.15. The Morgan fingerprint density at radius 2 is 2.00 bits per heavy atom. The molecule has 0 radical (unpaired) electrons. The highest BCUT2D eigenvalue weighted by Crippen LogP contribution is 2.39. The summed E-state index contributed by atoms with van der Waals surface area (Å²) in [6, 6.07) is 0.675. The topological polar surface area (TPSA) is 36.4 Å². The number of aliphatic hydroxyl groups excluding tert-OH is 1. The van der Waals surface area contributed by atoms with Crippen LogP contribution in [0.5, 0.6) is 0 Å². The first-order valence-corrected chi connectivity index (χ1v) is 9.41. The standard InChI is InChI=1S/C17H28N2OS/c1-12(2)10-11-19(13-6-3-4-7-13)17-18-14-8-5-9-15(20)16(14)21-17/h12-13,15,20H,3-11H2,1-2H3. The molecule has 0 amide bonds. The Bertz CT molecular complexity index is 465. The van der Waals surface area contributed by atoms with Gasteiger partial charge in [0.05, 0.1) is 16.7 Å². The average molecular weight is 308 g/mol. The molecule has 2 aliphatic rings. The van der Waals surface area contributed by atoms with Gasteiger partial charge in [0.1, 0.15) is 0 Å². The predicted molar refractivity (Wildman–Crippen MR) is 89.1 cm³/mol. The van der Waals surface area contributed by atoms with E-state index >= 15 is 0 Å². The summed E-state index contributed by atoms with van der Waals surface area (Å²) in [5.41, 5.74) is 1.17. The maximum Gasteiger partial charge on any atom is 0.186 e. The maximum atomic E-state index is 10.2. The molecule has 4 heteroatoms. The van der Waals surface area contributed by atoms with Gasteiger partial charge in [-0.15, -0.1) is 0 Å². The van der Waals surface area contributed by atoms with Gasteiger partial charge in [0.2, 0.25) is 0 Å². The van der Waals surface area contributed by atoms with E-state index in [0.717, 1.165) is 36.6 Å². The predicted octanol–water partition coefficient (Wildman–Crippen LogP) is 4.31. The lowest BCUT2D eigenvalue weighted by atomic mass is 10.0. The van der Waals surface area contributed by atoms with Crippen LogP contribution in [0.3, 0.4) is 0 Å². The van der Waals surface area contributed by atoms with Crippen LogP contribution >= 0.6 is 11.3 Å². The summed E-state index contributed by atoms with van der Waals surface area (Å²) in [5, 5.41) is 11.4. The van der Waals surface area contributed by atoms with E-state index in [-0.39, 0.29) is 6.10 Å². The van der Waals surface area contributed by atoms with Crippen molar-refractivity contribution in [3.8, 4) is 0 Å². The molecule has 1 unspecified atom stereocenters. The number of fused-ring (bicyclic) bond motifs is 1. The number of aliphatic hydroxyl groups is 1. The van der Waals surface area contributed by atoms with E-state index in [1.807, 2.05) is 0 Å². The van der Waals surface area contributed by atoms with E-state index in [2.05, 4.69) is 18.7 Å². The van der Waals surface area contributed by atoms with Gasteiger partial charge in [0, 0.05) is 12.6 Å². The van der Waals surface area contributed by atoms with Crippen molar-refractivity contribution >= 4 is 16.5 Å². The number of hydrogen-bond acceptors (Lipinski definition) is 4. The van der Waals surface area contributed by atoms with Crippen molar-refractivity contribution in [2.75, 3.05) is 11.4 Å². The molecule has 118 valence electrons. The van der Waals surface area contributed by atoms with Crippen molar-refractivity contribution in [2.24, 2.45) is 5.92 Å². The third-order valence-corrected chi connectivity index (χ3v) is 6.10. The number of aryl methyl sites for hydroxylation is 1. The number of nitrogens with zero attached hydrogens (tertiary/aromatic N) is 2. The number of aromatic nitrogens is 1. The van der Waals surface area contributed by atoms with Crippen LogP contribution in [0.15, 0.2) is 0 Å². The third kappa shape index (κ3) is 3.42. The molecule has 1 heterocycles. The second kappa shape index (κ2) is 6.66. The van der Waals surface area contributed by atoms with Crippen LogP contribution in [0.4, 0.5) is 5.13 Å². The van der Waals surface area contributed by atoms with E-state index in [1.165, 1.54) is 42.9 Å². The molecule has 21 heavy (non-hydrogen) atoms. The Morgan fingerprint density at radius 3 is 2.67 bits per heavy atom. The minimum atomic E-state index is -0.268. The Hall–Kier alpha value is -0.610. The first kappa shape index (κ1) is 15.3. The van der Waals surface area contributed by atoms with Gasteiger partial charge < -0.3 is 10.0 Å². The van der Waals surface area contributed by atoms with Crippen LogP contribution in [-0.4, -0.2) is 22.7 Å². The molecule has 0 aliphatic heterocycles. The molecule has 0 saturated heterocycles. The highest BCUT2D eigenvalue weighted by Gasteiger charge is 2.29. The molecule has 0 bridgehead atoms. The van der Waals surface area contributed by atoms with Gasteiger partial charge in [0.15, 0.2) is 5.13 Å². The lowest BCUT2D eigenvalue weighted by Gasteiger charge is -2.29. The fourth-order valence-electron chi connectivity index (χ4n) is 3.55. The van der Waals surface area contributed by atoms with Crippen molar-refractivity contribution in [1.29, 1.82) is 0 Å². The van der Waals surface area contributed by atoms with Gasteiger partial charge in [-0.2, -0.15) is 0 Å². The maximum absolute atomic E-state index is 10.2. The molecule has 0 aromatic carbocycles. The minimum absolute atomic E-state index is 0.268. The zero-order valence-corrected chi connectivity index (χ0v) is 14.2. The summed E-state index contributed by atoms with van der Waals surface area (Å²) in [6.07, 6.45) is 9.32. The smallest absolute Gasteiger partial charge is 0.186 e. The van der Waals surface area contributed by atoms with Gasteiger partial charge >= 0.3 is 0 Å². The molecule has 1 aromatic rings. The summed E-state index contributed by atoms with van der Waals surface area (Å²) < 4.78 is 0. The lowest BCUT2D eigenvalue weighted by Crippen LogP contribution is -2.34. The number of thiazole rings is 1. The molecule has 1 saturated carbocycles. The summed E-state index contributed by atoms with van der Waals surface area (Å²) in [5.74, 6) is 0.731. The van der Waals surface area contributed by atoms with Crippen molar-refractivity contribution in [2.45, 2.75) is 77.4 Å². The quantitative estimate of drug-likeness (QED) is 0.880. The first-order valence-electron chi connectivity index (χ1n) is 8.59. The molecule has 0 spiro atoms. The van der Waals surface area contributed by atoms with Crippen LogP contribution in [0.25, 0.3) is 0 Å². The fraction of sp³-hybridized carbons (Fsp3) is 0.824. The lowest BCUT2D eigenvalue weighted by molar-refractivity contribution is 0.160. The highest BCUT2D eigenvalue weighted by atomic mass is 32.1. The summed E-state index contributed by atoms with van der Waals surface area (Å²) in [7, 11) is 0. The molecule has 1 fully saturated rings. The van der Waals surface area contributed by atoms with Gasteiger partial charge in [-0.25, -0.2) is 4.98 Å². The van der Waals surface area contributed by atoms with Crippen molar-refractivity contribution < 1.29 is 5.11 Å². The Kier molecular flexibility index (Phi) is 4.85. The van der Waals surface area contributed by atoms with Gasteiger partial charge in [-0.3, -0.25) is 0 Å². The number of hydrogen-bond donors (Lipinski definition) is 1.